The maximum atomic E-state index is 11.9. The van der Waals surface area contributed by atoms with Crippen LogP contribution >= 0.6 is 0 Å². The normalized spacial score (nSPS) is 17.6. The highest BCUT2D eigenvalue weighted by molar-refractivity contribution is 5.81. The van der Waals surface area contributed by atoms with Crippen LogP contribution in [0.2, 0.25) is 0 Å². The molecule has 1 aromatic carbocycles. The van der Waals surface area contributed by atoms with Gasteiger partial charge in [0, 0.05) is 17.6 Å². The lowest BCUT2D eigenvalue weighted by molar-refractivity contribution is -0.123. The maximum Gasteiger partial charge on any atom is 0.237 e. The van der Waals surface area contributed by atoms with E-state index in [9.17, 15) is 4.79 Å². The largest absolute Gasteiger partial charge is 0.496 e. The maximum absolute atomic E-state index is 11.9. The van der Waals surface area contributed by atoms with Gasteiger partial charge in [-0.2, -0.15) is 0 Å². The fourth-order valence-corrected chi connectivity index (χ4v) is 2.12. The van der Waals surface area contributed by atoms with Gasteiger partial charge in [0.25, 0.3) is 0 Å². The van der Waals surface area contributed by atoms with Crippen molar-refractivity contribution < 1.29 is 9.53 Å². The van der Waals surface area contributed by atoms with Crippen molar-refractivity contribution in [3.05, 3.63) is 29.8 Å². The summed E-state index contributed by atoms with van der Waals surface area (Å²) in [6.07, 6.45) is 2.22. The smallest absolute Gasteiger partial charge is 0.237 e. The van der Waals surface area contributed by atoms with Crippen LogP contribution in [0.1, 0.15) is 38.3 Å². The van der Waals surface area contributed by atoms with E-state index in [0.29, 0.717) is 6.04 Å². The van der Waals surface area contributed by atoms with Crippen LogP contribution in [0.3, 0.4) is 0 Å². The van der Waals surface area contributed by atoms with Gasteiger partial charge in [0.05, 0.1) is 13.2 Å². The van der Waals surface area contributed by atoms with Crippen LogP contribution in [-0.2, 0) is 4.79 Å². The quantitative estimate of drug-likeness (QED) is 0.824. The lowest BCUT2D eigenvalue weighted by atomic mass is 10.1. The van der Waals surface area contributed by atoms with Crippen molar-refractivity contribution in [3.63, 3.8) is 0 Å². The Morgan fingerprint density at radius 3 is 2.63 bits per heavy atom. The molecule has 4 nitrogen and oxygen atoms in total. The highest BCUT2D eigenvalue weighted by Gasteiger charge is 2.26. The first-order chi connectivity index (χ1) is 9.11. The fourth-order valence-electron chi connectivity index (χ4n) is 2.12. The topological polar surface area (TPSA) is 50.4 Å². The zero-order valence-corrected chi connectivity index (χ0v) is 11.8. The van der Waals surface area contributed by atoms with Gasteiger partial charge in [-0.15, -0.1) is 0 Å². The molecule has 2 rings (SSSR count). The van der Waals surface area contributed by atoms with Crippen LogP contribution in [-0.4, -0.2) is 25.1 Å². The van der Waals surface area contributed by atoms with Crippen molar-refractivity contribution in [1.82, 2.24) is 10.6 Å². The van der Waals surface area contributed by atoms with Crippen molar-refractivity contribution in [2.45, 2.75) is 44.8 Å². The van der Waals surface area contributed by atoms with Gasteiger partial charge in [0.2, 0.25) is 5.91 Å². The Bertz CT molecular complexity index is 444. The molecule has 1 unspecified atom stereocenters. The van der Waals surface area contributed by atoms with E-state index in [1.807, 2.05) is 38.1 Å². The average Bonchev–Trinajstić information content (AvgIpc) is 3.22. The summed E-state index contributed by atoms with van der Waals surface area (Å²) >= 11 is 0. The van der Waals surface area contributed by atoms with Crippen molar-refractivity contribution in [1.29, 1.82) is 0 Å². The van der Waals surface area contributed by atoms with Crippen LogP contribution < -0.4 is 15.4 Å². The van der Waals surface area contributed by atoms with E-state index in [1.54, 1.807) is 7.11 Å². The molecule has 0 saturated heterocycles. The minimum Gasteiger partial charge on any atom is -0.496 e. The van der Waals surface area contributed by atoms with Gasteiger partial charge in [-0.3, -0.25) is 10.1 Å². The molecule has 19 heavy (non-hydrogen) atoms. The number of para-hydroxylation sites is 1. The van der Waals surface area contributed by atoms with Crippen molar-refractivity contribution in [3.8, 4) is 5.75 Å². The number of amides is 1. The summed E-state index contributed by atoms with van der Waals surface area (Å²) in [6.45, 7) is 3.93. The van der Waals surface area contributed by atoms with Gasteiger partial charge in [0.15, 0.2) is 0 Å². The lowest BCUT2D eigenvalue weighted by Crippen LogP contribution is -2.43. The molecular formula is C15H22N2O2. The molecule has 1 saturated carbocycles. The van der Waals surface area contributed by atoms with E-state index in [0.717, 1.165) is 24.2 Å². The molecule has 1 amide bonds. The summed E-state index contributed by atoms with van der Waals surface area (Å²) in [7, 11) is 1.66. The second kappa shape index (κ2) is 6.06. The SMILES string of the molecule is COc1ccccc1[C@@H](C)NC(C)C(=O)NC1CC1. The molecule has 0 bridgehead atoms. The molecule has 0 radical (unpaired) electrons. The lowest BCUT2D eigenvalue weighted by Gasteiger charge is -2.21. The highest BCUT2D eigenvalue weighted by Crippen LogP contribution is 2.24. The Morgan fingerprint density at radius 2 is 2.00 bits per heavy atom. The standard InChI is InChI=1S/C15H22N2O2/c1-10(13-6-4-5-7-14(13)19-3)16-11(2)15(18)17-12-8-9-12/h4-7,10-12,16H,8-9H2,1-3H3,(H,17,18)/t10-,11?/m1/s1. The molecule has 104 valence electrons. The summed E-state index contributed by atoms with van der Waals surface area (Å²) in [4.78, 5) is 11.9. The van der Waals surface area contributed by atoms with Gasteiger partial charge in [-0.1, -0.05) is 18.2 Å². The summed E-state index contributed by atoms with van der Waals surface area (Å²) in [5.41, 5.74) is 1.07. The van der Waals surface area contributed by atoms with E-state index >= 15 is 0 Å². The number of hydrogen-bond donors (Lipinski definition) is 2. The fraction of sp³-hybridized carbons (Fsp3) is 0.533. The third kappa shape index (κ3) is 3.70. The Hall–Kier alpha value is -1.55. The summed E-state index contributed by atoms with van der Waals surface area (Å²) in [5, 5.41) is 6.32. The Balaban J connectivity index is 1.95. The molecule has 0 aromatic heterocycles. The zero-order chi connectivity index (χ0) is 13.8. The van der Waals surface area contributed by atoms with Gasteiger partial charge >= 0.3 is 0 Å². The van der Waals surface area contributed by atoms with Crippen LogP contribution in [0.5, 0.6) is 5.75 Å². The molecular weight excluding hydrogens is 240 g/mol. The zero-order valence-electron chi connectivity index (χ0n) is 11.8. The van der Waals surface area contributed by atoms with Gasteiger partial charge in [0.1, 0.15) is 5.75 Å². The number of benzene rings is 1. The Kier molecular flexibility index (Phi) is 4.43. The third-order valence-electron chi connectivity index (χ3n) is 3.42. The molecule has 1 fully saturated rings. The summed E-state index contributed by atoms with van der Waals surface area (Å²) in [6, 6.07) is 8.13. The first-order valence-corrected chi connectivity index (χ1v) is 6.81. The second-order valence-corrected chi connectivity index (χ2v) is 5.13. The van der Waals surface area contributed by atoms with Crippen molar-refractivity contribution >= 4 is 5.91 Å². The van der Waals surface area contributed by atoms with E-state index in [-0.39, 0.29) is 18.0 Å². The number of carbonyl (C=O) groups is 1. The molecule has 1 aliphatic carbocycles. The Labute approximate surface area is 114 Å². The molecule has 2 N–H and O–H groups in total. The van der Waals surface area contributed by atoms with Gasteiger partial charge in [-0.05, 0) is 32.8 Å². The summed E-state index contributed by atoms with van der Waals surface area (Å²) < 4.78 is 5.34. The number of carbonyl (C=O) groups excluding carboxylic acids is 1. The minimum atomic E-state index is -0.208. The minimum absolute atomic E-state index is 0.0658. The number of nitrogens with one attached hydrogen (secondary N) is 2. The third-order valence-corrected chi connectivity index (χ3v) is 3.42. The van der Waals surface area contributed by atoms with Crippen LogP contribution in [0.25, 0.3) is 0 Å². The number of hydrogen-bond acceptors (Lipinski definition) is 3. The molecule has 0 spiro atoms. The van der Waals surface area contributed by atoms with E-state index in [2.05, 4.69) is 10.6 Å². The van der Waals surface area contributed by atoms with Crippen LogP contribution in [0.15, 0.2) is 24.3 Å². The first-order valence-electron chi connectivity index (χ1n) is 6.81. The Morgan fingerprint density at radius 1 is 1.32 bits per heavy atom. The number of ether oxygens (including phenoxy) is 1. The summed E-state index contributed by atoms with van der Waals surface area (Å²) in [5.74, 6) is 0.918. The number of methoxy groups -OCH3 is 1. The molecule has 0 heterocycles. The van der Waals surface area contributed by atoms with Gasteiger partial charge in [-0.25, -0.2) is 0 Å². The van der Waals surface area contributed by atoms with E-state index in [4.69, 9.17) is 4.74 Å². The molecule has 1 aliphatic rings. The van der Waals surface area contributed by atoms with Crippen LogP contribution in [0, 0.1) is 0 Å². The van der Waals surface area contributed by atoms with E-state index < -0.39 is 0 Å². The number of rotatable bonds is 6. The molecule has 2 atom stereocenters. The predicted molar refractivity (Wildman–Crippen MR) is 75.2 cm³/mol. The molecule has 1 aromatic rings. The van der Waals surface area contributed by atoms with Crippen molar-refractivity contribution in [2.24, 2.45) is 0 Å². The molecule has 0 aliphatic heterocycles. The van der Waals surface area contributed by atoms with Gasteiger partial charge < -0.3 is 10.1 Å². The average molecular weight is 262 g/mol. The van der Waals surface area contributed by atoms with Crippen molar-refractivity contribution in [2.75, 3.05) is 7.11 Å². The monoisotopic (exact) mass is 262 g/mol. The highest BCUT2D eigenvalue weighted by atomic mass is 16.5. The van der Waals surface area contributed by atoms with E-state index in [1.165, 1.54) is 0 Å². The molecule has 4 heteroatoms. The second-order valence-electron chi connectivity index (χ2n) is 5.13. The van der Waals surface area contributed by atoms with Crippen LogP contribution in [0.4, 0.5) is 0 Å². The first kappa shape index (κ1) is 13.9. The predicted octanol–water partition coefficient (Wildman–Crippen LogP) is 2.01.